The SMILES string of the molecule is CC(C)(C)OC(=O)N(c1cscn1)S(=O)(=O)c1cc(Cl)c(NCc2cc(B3OC(C)(C)C(C)(C)O3)ccc2F)cc1F. The molecular formula is C27H31BClF2N3O6S2. The van der Waals surface area contributed by atoms with Crippen LogP contribution in [0.15, 0.2) is 46.1 Å². The zero-order chi connectivity index (χ0) is 31.3. The molecule has 42 heavy (non-hydrogen) atoms. The van der Waals surface area contributed by atoms with Gasteiger partial charge in [-0.3, -0.25) is 0 Å². The van der Waals surface area contributed by atoms with E-state index in [1.54, 1.807) is 32.9 Å². The fourth-order valence-corrected chi connectivity index (χ4v) is 6.16. The van der Waals surface area contributed by atoms with Crippen molar-refractivity contribution in [3.8, 4) is 0 Å². The minimum atomic E-state index is -4.85. The van der Waals surface area contributed by atoms with E-state index < -0.39 is 56.6 Å². The number of thiazole rings is 1. The number of nitrogens with one attached hydrogen (secondary N) is 1. The van der Waals surface area contributed by atoms with Crippen LogP contribution in [0.5, 0.6) is 0 Å². The van der Waals surface area contributed by atoms with Crippen LogP contribution in [0.3, 0.4) is 0 Å². The monoisotopic (exact) mass is 641 g/mol. The lowest BCUT2D eigenvalue weighted by atomic mass is 9.78. The minimum Gasteiger partial charge on any atom is -0.443 e. The molecule has 9 nitrogen and oxygen atoms in total. The molecule has 2 aromatic carbocycles. The Bertz CT molecular complexity index is 1580. The molecule has 1 aliphatic rings. The Morgan fingerprint density at radius 1 is 1.12 bits per heavy atom. The van der Waals surface area contributed by atoms with Crippen molar-refractivity contribution in [2.24, 2.45) is 0 Å². The van der Waals surface area contributed by atoms with Crippen molar-refractivity contribution in [3.63, 3.8) is 0 Å². The van der Waals surface area contributed by atoms with Crippen LogP contribution in [-0.2, 0) is 30.6 Å². The molecule has 2 heterocycles. The van der Waals surface area contributed by atoms with Gasteiger partial charge in [-0.1, -0.05) is 23.7 Å². The Balaban J connectivity index is 1.59. The molecule has 0 bridgehead atoms. The van der Waals surface area contributed by atoms with Gasteiger partial charge in [-0.05, 0) is 72.1 Å². The molecule has 0 unspecified atom stereocenters. The van der Waals surface area contributed by atoms with Crippen molar-refractivity contribution < 1.29 is 36.0 Å². The van der Waals surface area contributed by atoms with Crippen molar-refractivity contribution in [3.05, 3.63) is 63.4 Å². The molecule has 1 fully saturated rings. The van der Waals surface area contributed by atoms with Crippen molar-refractivity contribution in [2.45, 2.75) is 76.7 Å². The number of anilines is 2. The van der Waals surface area contributed by atoms with E-state index >= 15 is 4.39 Å². The molecule has 1 aromatic heterocycles. The standard InChI is InChI=1S/C27H31BClF2N3O6S2/c1-25(2,3)38-24(35)34(23-14-41-15-33-23)42(36,37)22-11-18(29)21(12-20(22)31)32-13-16-10-17(8-9-19(16)30)28-39-26(4,5)27(6,7)40-28/h8-12,14-15,32H,13H2,1-7H3. The molecule has 0 spiro atoms. The number of hydrogen-bond donors (Lipinski definition) is 1. The summed E-state index contributed by atoms with van der Waals surface area (Å²) in [5.41, 5.74) is -0.0816. The third-order valence-corrected chi connectivity index (χ3v) is 9.36. The molecule has 0 aliphatic carbocycles. The van der Waals surface area contributed by atoms with Gasteiger partial charge < -0.3 is 19.4 Å². The first-order chi connectivity index (χ1) is 19.3. The highest BCUT2D eigenvalue weighted by Crippen LogP contribution is 2.37. The molecule has 1 amide bonds. The van der Waals surface area contributed by atoms with E-state index in [9.17, 15) is 17.6 Å². The molecule has 4 rings (SSSR count). The Kier molecular flexibility index (Phi) is 8.71. The second kappa shape index (κ2) is 11.4. The molecule has 0 atom stereocenters. The molecule has 15 heteroatoms. The van der Waals surface area contributed by atoms with E-state index in [1.165, 1.54) is 17.0 Å². The smallest absolute Gasteiger partial charge is 0.443 e. The maximum absolute atomic E-state index is 15.4. The zero-order valence-electron chi connectivity index (χ0n) is 24.1. The molecule has 226 valence electrons. The largest absolute Gasteiger partial charge is 0.494 e. The van der Waals surface area contributed by atoms with Gasteiger partial charge in [0.05, 0.1) is 27.4 Å². The lowest BCUT2D eigenvalue weighted by Gasteiger charge is -2.32. The van der Waals surface area contributed by atoms with Gasteiger partial charge >= 0.3 is 13.2 Å². The van der Waals surface area contributed by atoms with Crippen LogP contribution in [0.1, 0.15) is 54.0 Å². The summed E-state index contributed by atoms with van der Waals surface area (Å²) in [6.45, 7) is 12.2. The number of nitrogens with zero attached hydrogens (tertiary/aromatic N) is 2. The average molecular weight is 642 g/mol. The lowest BCUT2D eigenvalue weighted by molar-refractivity contribution is 0.00578. The number of carbonyl (C=O) groups is 1. The topological polar surface area (TPSA) is 107 Å². The summed E-state index contributed by atoms with van der Waals surface area (Å²) in [4.78, 5) is 15.9. The maximum atomic E-state index is 15.4. The summed E-state index contributed by atoms with van der Waals surface area (Å²) in [5.74, 6) is -1.99. The third-order valence-electron chi connectivity index (χ3n) is 6.79. The number of aromatic nitrogens is 1. The zero-order valence-corrected chi connectivity index (χ0v) is 26.5. The number of ether oxygens (including phenoxy) is 1. The van der Waals surface area contributed by atoms with Crippen molar-refractivity contribution in [1.82, 2.24) is 4.98 Å². The van der Waals surface area contributed by atoms with Gasteiger partial charge in [0.25, 0.3) is 10.0 Å². The Labute approximate surface area is 253 Å². The van der Waals surface area contributed by atoms with Crippen LogP contribution in [0, 0.1) is 11.6 Å². The van der Waals surface area contributed by atoms with Crippen LogP contribution in [-0.4, -0.2) is 43.4 Å². The summed E-state index contributed by atoms with van der Waals surface area (Å²) < 4.78 is 74.7. The highest BCUT2D eigenvalue weighted by molar-refractivity contribution is 7.93. The van der Waals surface area contributed by atoms with E-state index in [0.29, 0.717) is 5.46 Å². The van der Waals surface area contributed by atoms with Crippen molar-refractivity contribution in [1.29, 1.82) is 0 Å². The van der Waals surface area contributed by atoms with Gasteiger partial charge in [0.1, 0.15) is 22.1 Å². The first-order valence-corrected chi connectivity index (χ1v) is 15.6. The summed E-state index contributed by atoms with van der Waals surface area (Å²) in [6, 6.07) is 6.14. The quantitative estimate of drug-likeness (QED) is 0.308. The fourth-order valence-electron chi connectivity index (χ4n) is 3.93. The van der Waals surface area contributed by atoms with Crippen molar-refractivity contribution in [2.75, 3.05) is 9.62 Å². The normalized spacial score (nSPS) is 16.4. The van der Waals surface area contributed by atoms with Gasteiger partial charge in [-0.2, -0.15) is 0 Å². The molecule has 1 aliphatic heterocycles. The number of sulfonamides is 1. The third kappa shape index (κ3) is 6.57. The predicted octanol–water partition coefficient (Wildman–Crippen LogP) is 6.12. The molecule has 0 saturated carbocycles. The minimum absolute atomic E-state index is 0.00558. The Hall–Kier alpha value is -2.78. The maximum Gasteiger partial charge on any atom is 0.494 e. The van der Waals surface area contributed by atoms with Gasteiger partial charge in [0.2, 0.25) is 0 Å². The first kappa shape index (κ1) is 32.1. The van der Waals surface area contributed by atoms with Crippen LogP contribution >= 0.6 is 22.9 Å². The molecule has 1 saturated heterocycles. The number of hydrogen-bond acceptors (Lipinski definition) is 9. The number of amides is 1. The summed E-state index contributed by atoms with van der Waals surface area (Å²) in [6.07, 6.45) is -1.26. The second-order valence-corrected chi connectivity index (χ2v) is 14.5. The van der Waals surface area contributed by atoms with Gasteiger partial charge in [-0.15, -0.1) is 15.6 Å². The molecule has 3 aromatic rings. The predicted molar refractivity (Wildman–Crippen MR) is 159 cm³/mol. The van der Waals surface area contributed by atoms with E-state index in [0.717, 1.165) is 23.5 Å². The van der Waals surface area contributed by atoms with Gasteiger partial charge in [-0.25, -0.2) is 27.0 Å². The number of rotatable bonds is 7. The van der Waals surface area contributed by atoms with E-state index in [4.69, 9.17) is 25.6 Å². The fraction of sp³-hybridized carbons (Fsp3) is 0.407. The van der Waals surface area contributed by atoms with E-state index in [1.807, 2.05) is 27.7 Å². The van der Waals surface area contributed by atoms with Crippen molar-refractivity contribution >= 4 is 63.1 Å². The van der Waals surface area contributed by atoms with Crippen LogP contribution in [0.4, 0.5) is 25.1 Å². The molecule has 0 radical (unpaired) electrons. The number of benzene rings is 2. The molecular weight excluding hydrogens is 611 g/mol. The van der Waals surface area contributed by atoms with Gasteiger partial charge in [0, 0.05) is 17.5 Å². The number of carbonyl (C=O) groups excluding carboxylic acids is 1. The lowest BCUT2D eigenvalue weighted by Crippen LogP contribution is -2.41. The summed E-state index contributed by atoms with van der Waals surface area (Å²) in [7, 11) is -5.56. The Morgan fingerprint density at radius 3 is 2.33 bits per heavy atom. The Morgan fingerprint density at radius 2 is 1.76 bits per heavy atom. The van der Waals surface area contributed by atoms with Crippen LogP contribution in [0.2, 0.25) is 5.02 Å². The van der Waals surface area contributed by atoms with E-state index in [-0.39, 0.29) is 32.9 Å². The average Bonchev–Trinajstić information content (AvgIpc) is 3.44. The molecule has 1 N–H and O–H groups in total. The second-order valence-electron chi connectivity index (χ2n) is 11.7. The number of halogens is 3. The highest BCUT2D eigenvalue weighted by atomic mass is 35.5. The van der Waals surface area contributed by atoms with Crippen LogP contribution in [0.25, 0.3) is 0 Å². The van der Waals surface area contributed by atoms with Crippen LogP contribution < -0.4 is 15.1 Å². The summed E-state index contributed by atoms with van der Waals surface area (Å²) in [5, 5.41) is 3.97. The van der Waals surface area contributed by atoms with Gasteiger partial charge in [0.15, 0.2) is 5.82 Å². The highest BCUT2D eigenvalue weighted by Gasteiger charge is 2.51. The first-order valence-electron chi connectivity index (χ1n) is 12.9. The summed E-state index contributed by atoms with van der Waals surface area (Å²) >= 11 is 7.39. The van der Waals surface area contributed by atoms with E-state index in [2.05, 4.69) is 10.3 Å².